The minimum atomic E-state index is -0.134. The maximum atomic E-state index is 12.5. The van der Waals surface area contributed by atoms with Crippen LogP contribution in [-0.2, 0) is 6.61 Å². The first-order valence-corrected chi connectivity index (χ1v) is 9.62. The normalized spacial score (nSPS) is 10.4. The Morgan fingerprint density at radius 3 is 2.11 bits per heavy atom. The molecule has 0 spiro atoms. The van der Waals surface area contributed by atoms with Crippen LogP contribution in [0.4, 0.5) is 11.4 Å². The summed E-state index contributed by atoms with van der Waals surface area (Å²) >= 11 is 0. The highest BCUT2D eigenvalue weighted by molar-refractivity contribution is 6.04. The lowest BCUT2D eigenvalue weighted by Gasteiger charge is -2.21. The van der Waals surface area contributed by atoms with Gasteiger partial charge < -0.3 is 15.0 Å². The average molecular weight is 374 g/mol. The number of carbonyl (C=O) groups excluding carboxylic acids is 1. The lowest BCUT2D eigenvalue weighted by atomic mass is 10.2. The van der Waals surface area contributed by atoms with Gasteiger partial charge in [-0.3, -0.25) is 4.79 Å². The van der Waals surface area contributed by atoms with E-state index in [9.17, 15) is 4.79 Å². The monoisotopic (exact) mass is 374 g/mol. The Balaban J connectivity index is 1.57. The number of ether oxygens (including phenoxy) is 1. The number of nitrogens with zero attached hydrogens (tertiary/aromatic N) is 1. The molecule has 28 heavy (non-hydrogen) atoms. The summed E-state index contributed by atoms with van der Waals surface area (Å²) in [7, 11) is 0. The van der Waals surface area contributed by atoms with Gasteiger partial charge in [-0.05, 0) is 67.9 Å². The lowest BCUT2D eigenvalue weighted by molar-refractivity contribution is 0.102. The van der Waals surface area contributed by atoms with Crippen LogP contribution in [0.25, 0.3) is 0 Å². The van der Waals surface area contributed by atoms with Crippen LogP contribution in [0, 0.1) is 0 Å². The van der Waals surface area contributed by atoms with E-state index in [2.05, 4.69) is 24.1 Å². The summed E-state index contributed by atoms with van der Waals surface area (Å²) in [5.74, 6) is 0.606. The fourth-order valence-electron chi connectivity index (χ4n) is 2.99. The zero-order chi connectivity index (χ0) is 19.8. The van der Waals surface area contributed by atoms with Gasteiger partial charge in [0.15, 0.2) is 0 Å². The molecule has 0 aromatic heterocycles. The molecular weight excluding hydrogens is 348 g/mol. The number of hydrogen-bond acceptors (Lipinski definition) is 3. The molecule has 3 aromatic carbocycles. The van der Waals surface area contributed by atoms with E-state index in [1.807, 2.05) is 66.7 Å². The van der Waals surface area contributed by atoms with Crippen molar-refractivity contribution in [3.8, 4) is 5.75 Å². The van der Waals surface area contributed by atoms with E-state index in [1.54, 1.807) is 12.1 Å². The predicted molar refractivity (Wildman–Crippen MR) is 115 cm³/mol. The molecule has 1 amide bonds. The number of rotatable bonds is 8. The molecule has 0 unspecified atom stereocenters. The highest BCUT2D eigenvalue weighted by Gasteiger charge is 2.07. The summed E-state index contributed by atoms with van der Waals surface area (Å²) in [6.07, 6.45) is 0. The second-order valence-electron chi connectivity index (χ2n) is 6.47. The summed E-state index contributed by atoms with van der Waals surface area (Å²) in [6, 6.07) is 25.1. The molecule has 0 aliphatic heterocycles. The van der Waals surface area contributed by atoms with Crippen LogP contribution in [-0.4, -0.2) is 19.0 Å². The van der Waals surface area contributed by atoms with Gasteiger partial charge in [0.1, 0.15) is 12.4 Å². The standard InChI is InChI=1S/C24H26N2O2/c1-3-26(4-2)22-14-12-21(13-15-22)25-24(27)20-10-16-23(17-11-20)28-18-19-8-6-5-7-9-19/h5-17H,3-4,18H2,1-2H3,(H,25,27). The fraction of sp³-hybridized carbons (Fsp3) is 0.208. The van der Waals surface area contributed by atoms with Crippen molar-refractivity contribution in [2.24, 2.45) is 0 Å². The van der Waals surface area contributed by atoms with Crippen molar-refractivity contribution in [2.45, 2.75) is 20.5 Å². The van der Waals surface area contributed by atoms with Crippen molar-refractivity contribution in [1.82, 2.24) is 0 Å². The molecule has 0 heterocycles. The molecule has 1 N–H and O–H groups in total. The van der Waals surface area contributed by atoms with E-state index >= 15 is 0 Å². The highest BCUT2D eigenvalue weighted by atomic mass is 16.5. The Morgan fingerprint density at radius 2 is 1.50 bits per heavy atom. The molecule has 4 heteroatoms. The molecule has 0 fully saturated rings. The topological polar surface area (TPSA) is 41.6 Å². The van der Waals surface area contributed by atoms with Crippen LogP contribution >= 0.6 is 0 Å². The third-order valence-electron chi connectivity index (χ3n) is 4.62. The van der Waals surface area contributed by atoms with Crippen molar-refractivity contribution in [1.29, 1.82) is 0 Å². The first kappa shape index (κ1) is 19.5. The predicted octanol–water partition coefficient (Wildman–Crippen LogP) is 5.36. The number of anilines is 2. The van der Waals surface area contributed by atoms with Gasteiger partial charge in [0.25, 0.3) is 5.91 Å². The summed E-state index contributed by atoms with van der Waals surface area (Å²) in [4.78, 5) is 14.7. The zero-order valence-corrected chi connectivity index (χ0v) is 16.4. The van der Waals surface area contributed by atoms with E-state index in [4.69, 9.17) is 4.74 Å². The minimum absolute atomic E-state index is 0.134. The van der Waals surface area contributed by atoms with Crippen LogP contribution in [0.15, 0.2) is 78.9 Å². The van der Waals surface area contributed by atoms with Gasteiger partial charge in [0.05, 0.1) is 0 Å². The third kappa shape index (κ3) is 5.13. The van der Waals surface area contributed by atoms with E-state index in [0.29, 0.717) is 12.2 Å². The number of carbonyl (C=O) groups is 1. The van der Waals surface area contributed by atoms with Gasteiger partial charge in [-0.25, -0.2) is 0 Å². The maximum Gasteiger partial charge on any atom is 0.255 e. The van der Waals surface area contributed by atoms with Gasteiger partial charge in [0.2, 0.25) is 0 Å². The molecule has 0 aliphatic rings. The minimum Gasteiger partial charge on any atom is -0.489 e. The smallest absolute Gasteiger partial charge is 0.255 e. The quantitative estimate of drug-likeness (QED) is 0.577. The molecule has 0 radical (unpaired) electrons. The molecule has 4 nitrogen and oxygen atoms in total. The van der Waals surface area contributed by atoms with Crippen molar-refractivity contribution in [3.63, 3.8) is 0 Å². The van der Waals surface area contributed by atoms with Crippen molar-refractivity contribution in [3.05, 3.63) is 90.0 Å². The van der Waals surface area contributed by atoms with Gasteiger partial charge in [-0.1, -0.05) is 30.3 Å². The fourth-order valence-corrected chi connectivity index (χ4v) is 2.99. The number of benzene rings is 3. The Hall–Kier alpha value is -3.27. The van der Waals surface area contributed by atoms with Crippen LogP contribution in [0.2, 0.25) is 0 Å². The molecule has 0 bridgehead atoms. The third-order valence-corrected chi connectivity index (χ3v) is 4.62. The largest absolute Gasteiger partial charge is 0.489 e. The maximum absolute atomic E-state index is 12.5. The van der Waals surface area contributed by atoms with Crippen molar-refractivity contribution >= 4 is 17.3 Å². The Morgan fingerprint density at radius 1 is 0.857 bits per heavy atom. The SMILES string of the molecule is CCN(CC)c1ccc(NC(=O)c2ccc(OCc3ccccc3)cc2)cc1. The van der Waals surface area contributed by atoms with Gasteiger partial charge in [-0.2, -0.15) is 0 Å². The number of nitrogens with one attached hydrogen (secondary N) is 1. The summed E-state index contributed by atoms with van der Waals surface area (Å²) in [5, 5.41) is 2.94. The van der Waals surface area contributed by atoms with Crippen molar-refractivity contribution < 1.29 is 9.53 Å². The highest BCUT2D eigenvalue weighted by Crippen LogP contribution is 2.19. The molecule has 3 aromatic rings. The van der Waals surface area contributed by atoms with E-state index in [0.717, 1.165) is 35.8 Å². The molecule has 0 saturated heterocycles. The van der Waals surface area contributed by atoms with Crippen LogP contribution < -0.4 is 15.0 Å². The van der Waals surface area contributed by atoms with E-state index < -0.39 is 0 Å². The average Bonchev–Trinajstić information content (AvgIpc) is 2.75. The molecule has 3 rings (SSSR count). The molecule has 0 atom stereocenters. The molecule has 144 valence electrons. The van der Waals surface area contributed by atoms with Crippen LogP contribution in [0.3, 0.4) is 0 Å². The van der Waals surface area contributed by atoms with Gasteiger partial charge in [0, 0.05) is 30.0 Å². The van der Waals surface area contributed by atoms with Gasteiger partial charge >= 0.3 is 0 Å². The summed E-state index contributed by atoms with van der Waals surface area (Å²) in [6.45, 7) is 6.69. The van der Waals surface area contributed by atoms with E-state index in [-0.39, 0.29) is 5.91 Å². The van der Waals surface area contributed by atoms with Crippen LogP contribution in [0.5, 0.6) is 5.75 Å². The van der Waals surface area contributed by atoms with E-state index in [1.165, 1.54) is 0 Å². The second-order valence-corrected chi connectivity index (χ2v) is 6.47. The second kappa shape index (κ2) is 9.60. The number of amides is 1. The van der Waals surface area contributed by atoms with Crippen LogP contribution in [0.1, 0.15) is 29.8 Å². The molecular formula is C24H26N2O2. The zero-order valence-electron chi connectivity index (χ0n) is 16.4. The molecule has 0 saturated carbocycles. The molecule has 0 aliphatic carbocycles. The first-order chi connectivity index (χ1) is 13.7. The Bertz CT molecular complexity index is 871. The summed E-state index contributed by atoms with van der Waals surface area (Å²) < 4.78 is 5.77. The van der Waals surface area contributed by atoms with Gasteiger partial charge in [-0.15, -0.1) is 0 Å². The summed E-state index contributed by atoms with van der Waals surface area (Å²) in [5.41, 5.74) is 3.64. The number of hydrogen-bond donors (Lipinski definition) is 1. The Kier molecular flexibility index (Phi) is 6.68. The lowest BCUT2D eigenvalue weighted by Crippen LogP contribution is -2.21. The van der Waals surface area contributed by atoms with Crippen molar-refractivity contribution in [2.75, 3.05) is 23.3 Å². The Labute approximate surface area is 166 Å². The first-order valence-electron chi connectivity index (χ1n) is 9.62.